The van der Waals surface area contributed by atoms with Crippen LogP contribution in [0.2, 0.25) is 0 Å². The molecule has 5 nitrogen and oxygen atoms in total. The molecular formula is C23H32IN5. The number of guanidine groups is 1. The van der Waals surface area contributed by atoms with E-state index in [4.69, 9.17) is 0 Å². The van der Waals surface area contributed by atoms with Crippen LogP contribution in [0.5, 0.6) is 0 Å². The molecule has 0 amide bonds. The molecule has 1 aromatic carbocycles. The number of aromatic nitrogens is 1. The molecule has 2 aromatic rings. The van der Waals surface area contributed by atoms with Crippen LogP contribution >= 0.6 is 24.0 Å². The van der Waals surface area contributed by atoms with Crippen LogP contribution in [0.15, 0.2) is 53.7 Å². The molecule has 156 valence electrons. The lowest BCUT2D eigenvalue weighted by Crippen LogP contribution is -2.45. The van der Waals surface area contributed by atoms with Crippen molar-refractivity contribution < 1.29 is 0 Å². The summed E-state index contributed by atoms with van der Waals surface area (Å²) in [6.07, 6.45) is 8.60. The standard InChI is InChI=1S/C23H31N5.HI/c1-24-23(27-20-12-14-28(17-20)21-9-2-3-10-21)26-16-18-7-6-8-19(15-18)22-11-4-5-13-25-22;/h4-8,11,13,15,20-21H,2-3,9-10,12,14,16-17H2,1H3,(H2,24,26,27);1H. The Labute approximate surface area is 191 Å². The number of likely N-dealkylation sites (tertiary alicyclic amines) is 1. The van der Waals surface area contributed by atoms with E-state index >= 15 is 0 Å². The van der Waals surface area contributed by atoms with E-state index in [0.29, 0.717) is 6.04 Å². The van der Waals surface area contributed by atoms with Gasteiger partial charge in [-0.25, -0.2) is 0 Å². The molecule has 2 heterocycles. The van der Waals surface area contributed by atoms with E-state index in [1.54, 1.807) is 0 Å². The lowest BCUT2D eigenvalue weighted by Gasteiger charge is -2.24. The number of nitrogens with one attached hydrogen (secondary N) is 2. The molecule has 0 spiro atoms. The van der Waals surface area contributed by atoms with Crippen LogP contribution in [0.4, 0.5) is 0 Å². The van der Waals surface area contributed by atoms with Crippen LogP contribution in [-0.2, 0) is 6.54 Å². The molecule has 2 aliphatic rings. The number of halogens is 1. The normalized spacial score (nSPS) is 20.4. The van der Waals surface area contributed by atoms with Crippen LogP contribution < -0.4 is 10.6 Å². The number of benzene rings is 1. The van der Waals surface area contributed by atoms with Gasteiger partial charge in [-0.05, 0) is 43.0 Å². The van der Waals surface area contributed by atoms with Crippen molar-refractivity contribution in [3.05, 3.63) is 54.2 Å². The summed E-state index contributed by atoms with van der Waals surface area (Å²) in [5.41, 5.74) is 3.38. The lowest BCUT2D eigenvalue weighted by atomic mass is 10.1. The highest BCUT2D eigenvalue weighted by Gasteiger charge is 2.30. The fraction of sp³-hybridized carbons (Fsp3) is 0.478. The van der Waals surface area contributed by atoms with Crippen LogP contribution in [0, 0.1) is 0 Å². The van der Waals surface area contributed by atoms with E-state index in [0.717, 1.165) is 36.3 Å². The van der Waals surface area contributed by atoms with Crippen LogP contribution in [0.3, 0.4) is 0 Å². The van der Waals surface area contributed by atoms with Gasteiger partial charge in [-0.1, -0.05) is 37.1 Å². The first-order valence-corrected chi connectivity index (χ1v) is 10.5. The minimum atomic E-state index is 0. The minimum absolute atomic E-state index is 0. The first-order chi connectivity index (χ1) is 13.8. The number of hydrogen-bond donors (Lipinski definition) is 2. The van der Waals surface area contributed by atoms with Gasteiger partial charge in [0.05, 0.1) is 5.69 Å². The molecule has 6 heteroatoms. The fourth-order valence-corrected chi connectivity index (χ4v) is 4.45. The quantitative estimate of drug-likeness (QED) is 0.366. The largest absolute Gasteiger partial charge is 0.352 e. The van der Waals surface area contributed by atoms with E-state index in [2.05, 4.69) is 49.8 Å². The van der Waals surface area contributed by atoms with Crippen LogP contribution in [-0.4, -0.2) is 48.1 Å². The van der Waals surface area contributed by atoms with Crippen molar-refractivity contribution in [3.8, 4) is 11.3 Å². The van der Waals surface area contributed by atoms with Gasteiger partial charge in [0.15, 0.2) is 5.96 Å². The fourth-order valence-electron chi connectivity index (χ4n) is 4.45. The first kappa shape index (κ1) is 22.0. The summed E-state index contributed by atoms with van der Waals surface area (Å²) in [4.78, 5) is 11.6. The predicted molar refractivity (Wildman–Crippen MR) is 131 cm³/mol. The Balaban J connectivity index is 0.00000240. The number of aliphatic imine (C=N–C) groups is 1. The Morgan fingerprint density at radius 3 is 2.76 bits per heavy atom. The summed E-state index contributed by atoms with van der Waals surface area (Å²) in [6.45, 7) is 3.10. The molecule has 1 atom stereocenters. The van der Waals surface area contributed by atoms with Gasteiger partial charge in [-0.3, -0.25) is 14.9 Å². The smallest absolute Gasteiger partial charge is 0.191 e. The molecule has 29 heavy (non-hydrogen) atoms. The van der Waals surface area contributed by atoms with Gasteiger partial charge < -0.3 is 10.6 Å². The van der Waals surface area contributed by atoms with Crippen molar-refractivity contribution in [3.63, 3.8) is 0 Å². The Morgan fingerprint density at radius 2 is 2.00 bits per heavy atom. The second-order valence-corrected chi connectivity index (χ2v) is 7.90. The van der Waals surface area contributed by atoms with Crippen molar-refractivity contribution >= 4 is 29.9 Å². The average Bonchev–Trinajstić information content (AvgIpc) is 3.44. The molecule has 0 bridgehead atoms. The van der Waals surface area contributed by atoms with E-state index in [1.165, 1.54) is 44.2 Å². The summed E-state index contributed by atoms with van der Waals surface area (Å²) in [5, 5.41) is 7.10. The highest BCUT2D eigenvalue weighted by molar-refractivity contribution is 14.0. The van der Waals surface area contributed by atoms with Gasteiger partial charge in [-0.2, -0.15) is 0 Å². The van der Waals surface area contributed by atoms with Gasteiger partial charge in [0, 0.05) is 50.5 Å². The molecular weight excluding hydrogens is 473 g/mol. The Bertz CT molecular complexity index is 789. The number of nitrogens with zero attached hydrogens (tertiary/aromatic N) is 3. The topological polar surface area (TPSA) is 52.6 Å². The Morgan fingerprint density at radius 1 is 1.14 bits per heavy atom. The third-order valence-electron chi connectivity index (χ3n) is 5.97. The zero-order valence-electron chi connectivity index (χ0n) is 17.2. The van der Waals surface area contributed by atoms with Gasteiger partial charge in [0.1, 0.15) is 0 Å². The number of pyridine rings is 1. The number of rotatable bonds is 5. The average molecular weight is 505 g/mol. The van der Waals surface area contributed by atoms with Crippen LogP contribution in [0.1, 0.15) is 37.7 Å². The van der Waals surface area contributed by atoms with E-state index < -0.39 is 0 Å². The lowest BCUT2D eigenvalue weighted by molar-refractivity contribution is 0.242. The van der Waals surface area contributed by atoms with Gasteiger partial charge >= 0.3 is 0 Å². The minimum Gasteiger partial charge on any atom is -0.352 e. The Hall–Kier alpha value is -1.67. The summed E-state index contributed by atoms with van der Waals surface area (Å²) < 4.78 is 0. The molecule has 1 unspecified atom stereocenters. The Kier molecular flexibility index (Phi) is 8.29. The molecule has 1 aliphatic heterocycles. The predicted octanol–water partition coefficient (Wildman–Crippen LogP) is 4.05. The second-order valence-electron chi connectivity index (χ2n) is 7.90. The molecule has 1 aromatic heterocycles. The van der Waals surface area contributed by atoms with Gasteiger partial charge in [0.2, 0.25) is 0 Å². The maximum absolute atomic E-state index is 4.45. The molecule has 1 saturated carbocycles. The third kappa shape index (κ3) is 5.92. The van der Waals surface area contributed by atoms with Crippen molar-refractivity contribution in [1.29, 1.82) is 0 Å². The van der Waals surface area contributed by atoms with E-state index in [9.17, 15) is 0 Å². The highest BCUT2D eigenvalue weighted by Crippen LogP contribution is 2.26. The maximum atomic E-state index is 4.45. The van der Waals surface area contributed by atoms with Crippen molar-refractivity contribution in [2.24, 2.45) is 4.99 Å². The molecule has 4 rings (SSSR count). The zero-order valence-corrected chi connectivity index (χ0v) is 19.5. The molecule has 2 fully saturated rings. The monoisotopic (exact) mass is 505 g/mol. The SMILES string of the molecule is CN=C(NCc1cccc(-c2ccccn2)c1)NC1CCN(C2CCCC2)C1.I. The number of hydrogen-bond acceptors (Lipinski definition) is 3. The van der Waals surface area contributed by atoms with E-state index in [1.807, 2.05) is 31.4 Å². The molecule has 1 aliphatic carbocycles. The summed E-state index contributed by atoms with van der Waals surface area (Å²) in [5.74, 6) is 0.890. The van der Waals surface area contributed by atoms with Crippen LogP contribution in [0.25, 0.3) is 11.3 Å². The third-order valence-corrected chi connectivity index (χ3v) is 5.97. The highest BCUT2D eigenvalue weighted by atomic mass is 127. The first-order valence-electron chi connectivity index (χ1n) is 10.5. The molecule has 0 radical (unpaired) electrons. The van der Waals surface area contributed by atoms with Crippen molar-refractivity contribution in [1.82, 2.24) is 20.5 Å². The van der Waals surface area contributed by atoms with E-state index in [-0.39, 0.29) is 24.0 Å². The van der Waals surface area contributed by atoms with Gasteiger partial charge in [-0.15, -0.1) is 24.0 Å². The van der Waals surface area contributed by atoms with Crippen molar-refractivity contribution in [2.45, 2.75) is 50.7 Å². The van der Waals surface area contributed by atoms with Crippen molar-refractivity contribution in [2.75, 3.05) is 20.1 Å². The molecule has 2 N–H and O–H groups in total. The summed E-state index contributed by atoms with van der Waals surface area (Å²) in [7, 11) is 1.85. The van der Waals surface area contributed by atoms with Gasteiger partial charge in [0.25, 0.3) is 0 Å². The summed E-state index contributed by atoms with van der Waals surface area (Å²) in [6, 6.07) is 15.9. The molecule has 1 saturated heterocycles. The summed E-state index contributed by atoms with van der Waals surface area (Å²) >= 11 is 0. The zero-order chi connectivity index (χ0) is 19.2. The maximum Gasteiger partial charge on any atom is 0.191 e. The second kappa shape index (κ2) is 10.9.